The molecule has 0 fully saturated rings. The highest BCUT2D eigenvalue weighted by molar-refractivity contribution is 6.07. The molecule has 5 nitrogen and oxygen atoms in total. The molecule has 31 heavy (non-hydrogen) atoms. The molecule has 166 valence electrons. The maximum atomic E-state index is 12.7. The van der Waals surface area contributed by atoms with Crippen molar-refractivity contribution in [3.63, 3.8) is 0 Å². The third kappa shape index (κ3) is 5.97. The highest BCUT2D eigenvalue weighted by Crippen LogP contribution is 2.39. The molecule has 0 saturated heterocycles. The van der Waals surface area contributed by atoms with Gasteiger partial charge in [-0.25, -0.2) is 0 Å². The van der Waals surface area contributed by atoms with Gasteiger partial charge in [0.1, 0.15) is 17.2 Å². The number of allylic oxidation sites excluding steroid dienone is 1. The molecule has 0 aliphatic carbocycles. The highest BCUT2D eigenvalue weighted by atomic mass is 16.5. The van der Waals surface area contributed by atoms with Crippen molar-refractivity contribution >= 4 is 17.8 Å². The molecule has 0 amide bonds. The number of hydrogen-bond acceptors (Lipinski definition) is 5. The molecule has 0 unspecified atom stereocenters. The summed E-state index contributed by atoms with van der Waals surface area (Å²) in [5, 5.41) is 0. The van der Waals surface area contributed by atoms with E-state index < -0.39 is 5.41 Å². The van der Waals surface area contributed by atoms with Gasteiger partial charge in [-0.3, -0.25) is 9.59 Å². The molecular weight excluding hydrogens is 392 g/mol. The summed E-state index contributed by atoms with van der Waals surface area (Å²) in [6.45, 7) is 11.7. The molecule has 0 spiro atoms. The van der Waals surface area contributed by atoms with Crippen LogP contribution in [0.4, 0.5) is 0 Å². The normalized spacial score (nSPS) is 12.0. The maximum absolute atomic E-state index is 12.7. The Morgan fingerprint density at radius 2 is 1.45 bits per heavy atom. The van der Waals surface area contributed by atoms with E-state index in [-0.39, 0.29) is 17.2 Å². The van der Waals surface area contributed by atoms with E-state index in [0.29, 0.717) is 28.4 Å². The Hall–Kier alpha value is -3.08. The molecule has 0 heterocycles. The van der Waals surface area contributed by atoms with Crippen LogP contribution in [0.5, 0.6) is 17.2 Å². The topological polar surface area (TPSA) is 61.8 Å². The van der Waals surface area contributed by atoms with Crippen molar-refractivity contribution in [2.45, 2.75) is 47.0 Å². The number of ketones is 1. The molecule has 0 N–H and O–H groups in total. The maximum Gasteiger partial charge on any atom is 0.316 e. The summed E-state index contributed by atoms with van der Waals surface area (Å²) in [5.41, 5.74) is 1.48. The lowest BCUT2D eigenvalue weighted by molar-refractivity contribution is -0.143. The highest BCUT2D eigenvalue weighted by Gasteiger charge is 2.24. The van der Waals surface area contributed by atoms with Crippen LogP contribution in [0.25, 0.3) is 6.08 Å². The Bertz CT molecular complexity index is 971. The first-order valence-electron chi connectivity index (χ1n) is 10.2. The minimum absolute atomic E-state index is 0.134. The van der Waals surface area contributed by atoms with Gasteiger partial charge in [0, 0.05) is 11.1 Å². The fourth-order valence-corrected chi connectivity index (χ4v) is 2.93. The molecule has 0 aliphatic heterocycles. The van der Waals surface area contributed by atoms with Gasteiger partial charge in [0.15, 0.2) is 5.78 Å². The lowest BCUT2D eigenvalue weighted by Crippen LogP contribution is -2.25. The molecule has 5 heteroatoms. The van der Waals surface area contributed by atoms with Crippen molar-refractivity contribution in [2.75, 3.05) is 14.2 Å². The second-order valence-corrected chi connectivity index (χ2v) is 9.37. The van der Waals surface area contributed by atoms with E-state index >= 15 is 0 Å². The van der Waals surface area contributed by atoms with Gasteiger partial charge in [0.05, 0.1) is 25.2 Å². The van der Waals surface area contributed by atoms with Crippen LogP contribution in [0.3, 0.4) is 0 Å². The van der Waals surface area contributed by atoms with Crippen LogP contribution < -0.4 is 14.2 Å². The number of ether oxygens (including phenoxy) is 3. The lowest BCUT2D eigenvalue weighted by Gasteiger charge is -2.24. The fraction of sp³-hybridized carbons (Fsp3) is 0.385. The zero-order valence-corrected chi connectivity index (χ0v) is 19.7. The van der Waals surface area contributed by atoms with E-state index in [1.165, 1.54) is 6.08 Å². The summed E-state index contributed by atoms with van der Waals surface area (Å²) in [4.78, 5) is 24.7. The van der Waals surface area contributed by atoms with Crippen LogP contribution >= 0.6 is 0 Å². The van der Waals surface area contributed by atoms with Crippen molar-refractivity contribution in [2.24, 2.45) is 5.41 Å². The van der Waals surface area contributed by atoms with E-state index in [1.807, 2.05) is 12.1 Å². The largest absolute Gasteiger partial charge is 0.496 e. The average molecular weight is 425 g/mol. The van der Waals surface area contributed by atoms with Crippen LogP contribution in [-0.4, -0.2) is 26.0 Å². The van der Waals surface area contributed by atoms with Crippen LogP contribution in [0.1, 0.15) is 63.0 Å². The van der Waals surface area contributed by atoms with Gasteiger partial charge in [0.25, 0.3) is 0 Å². The van der Waals surface area contributed by atoms with Crippen LogP contribution in [0.2, 0.25) is 0 Å². The second kappa shape index (κ2) is 9.38. The van der Waals surface area contributed by atoms with Crippen molar-refractivity contribution < 1.29 is 23.8 Å². The zero-order valence-electron chi connectivity index (χ0n) is 19.7. The Labute approximate surface area is 185 Å². The van der Waals surface area contributed by atoms with E-state index in [9.17, 15) is 9.59 Å². The first kappa shape index (κ1) is 24.2. The van der Waals surface area contributed by atoms with E-state index in [0.717, 1.165) is 5.56 Å². The molecule has 2 aromatic rings. The number of benzene rings is 2. The molecule has 0 aliphatic rings. The SMILES string of the molecule is COc1ccc(C(C)(C)C)c(OC)c1C=CC(=O)c1ccc(OC(=O)C(C)(C)C)cc1. The monoisotopic (exact) mass is 424 g/mol. The van der Waals surface area contributed by atoms with Crippen LogP contribution in [-0.2, 0) is 10.2 Å². The Balaban J connectivity index is 2.30. The number of rotatable bonds is 6. The molecule has 0 aromatic heterocycles. The second-order valence-electron chi connectivity index (χ2n) is 9.37. The molecule has 0 atom stereocenters. The molecule has 0 saturated carbocycles. The molecule has 0 bridgehead atoms. The average Bonchev–Trinajstić information content (AvgIpc) is 2.70. The predicted octanol–water partition coefficient (Wildman–Crippen LogP) is 5.85. The third-order valence-electron chi connectivity index (χ3n) is 4.75. The van der Waals surface area contributed by atoms with Crippen molar-refractivity contribution in [3.05, 3.63) is 59.2 Å². The van der Waals surface area contributed by atoms with Gasteiger partial charge in [-0.05, 0) is 68.7 Å². The quantitative estimate of drug-likeness (QED) is 0.252. The Morgan fingerprint density at radius 3 is 1.94 bits per heavy atom. The van der Waals surface area contributed by atoms with Gasteiger partial charge >= 0.3 is 5.97 Å². The summed E-state index contributed by atoms with van der Waals surface area (Å²) in [6, 6.07) is 10.4. The van der Waals surface area contributed by atoms with Crippen molar-refractivity contribution in [3.8, 4) is 17.2 Å². The molecule has 2 rings (SSSR count). The van der Waals surface area contributed by atoms with E-state index in [4.69, 9.17) is 14.2 Å². The smallest absolute Gasteiger partial charge is 0.316 e. The Morgan fingerprint density at radius 1 is 0.839 bits per heavy atom. The number of hydrogen-bond donors (Lipinski definition) is 0. The fourth-order valence-electron chi connectivity index (χ4n) is 2.93. The third-order valence-corrected chi connectivity index (χ3v) is 4.75. The minimum atomic E-state index is -0.600. The number of carbonyl (C=O) groups excluding carboxylic acids is 2. The van der Waals surface area contributed by atoms with Gasteiger partial charge in [-0.15, -0.1) is 0 Å². The number of methoxy groups -OCH3 is 2. The molecular formula is C26H32O5. The standard InChI is InChI=1S/C26H32O5/c1-25(2,3)20-14-16-22(29-7)19(23(20)30-8)13-15-21(27)17-9-11-18(12-10-17)31-24(28)26(4,5)6/h9-16H,1-8H3. The van der Waals surface area contributed by atoms with Gasteiger partial charge in [-0.1, -0.05) is 26.8 Å². The van der Waals surface area contributed by atoms with E-state index in [2.05, 4.69) is 20.8 Å². The zero-order chi connectivity index (χ0) is 23.4. The van der Waals surface area contributed by atoms with Gasteiger partial charge in [-0.2, -0.15) is 0 Å². The van der Waals surface area contributed by atoms with Gasteiger partial charge < -0.3 is 14.2 Å². The molecule has 2 aromatic carbocycles. The number of esters is 1. The van der Waals surface area contributed by atoms with Crippen LogP contribution in [0.15, 0.2) is 42.5 Å². The van der Waals surface area contributed by atoms with Crippen molar-refractivity contribution in [1.82, 2.24) is 0 Å². The number of carbonyl (C=O) groups is 2. The van der Waals surface area contributed by atoms with E-state index in [1.54, 1.807) is 65.3 Å². The lowest BCUT2D eigenvalue weighted by atomic mass is 9.85. The summed E-state index contributed by atoms with van der Waals surface area (Å²) in [5.74, 6) is 1.20. The summed E-state index contributed by atoms with van der Waals surface area (Å²) >= 11 is 0. The predicted molar refractivity (Wildman–Crippen MR) is 123 cm³/mol. The van der Waals surface area contributed by atoms with Gasteiger partial charge in [0.2, 0.25) is 0 Å². The Kier molecular flexibility index (Phi) is 7.32. The first-order valence-corrected chi connectivity index (χ1v) is 10.2. The molecule has 0 radical (unpaired) electrons. The minimum Gasteiger partial charge on any atom is -0.496 e. The first-order chi connectivity index (χ1) is 14.4. The van der Waals surface area contributed by atoms with Crippen LogP contribution in [0, 0.1) is 5.41 Å². The summed E-state index contributed by atoms with van der Waals surface area (Å²) in [7, 11) is 3.20. The summed E-state index contributed by atoms with van der Waals surface area (Å²) in [6.07, 6.45) is 3.20. The summed E-state index contributed by atoms with van der Waals surface area (Å²) < 4.78 is 16.5. The van der Waals surface area contributed by atoms with Crippen molar-refractivity contribution in [1.29, 1.82) is 0 Å².